The van der Waals surface area contributed by atoms with Crippen LogP contribution in [0.25, 0.3) is 0 Å². The number of hydrogen-bond acceptors (Lipinski definition) is 5. The van der Waals surface area contributed by atoms with Gasteiger partial charge in [0.2, 0.25) is 0 Å². The van der Waals surface area contributed by atoms with Crippen LogP contribution in [-0.4, -0.2) is 45.8 Å². The summed E-state index contributed by atoms with van der Waals surface area (Å²) in [5, 5.41) is 21.5. The second-order valence-electron chi connectivity index (χ2n) is 6.00. The molecular formula is C17H21N3O4. The minimum absolute atomic E-state index is 0.00693. The molecule has 0 amide bonds. The lowest BCUT2D eigenvalue weighted by Crippen LogP contribution is -2.42. The molecule has 0 spiro atoms. The number of aliphatic hydroxyl groups is 1. The average molecular weight is 331 g/mol. The number of β-amino-alcohol motifs (C(OH)–C–C–N with tert-alkyl or cyclic N) is 1. The molecule has 7 nitrogen and oxygen atoms in total. The Hall–Kier alpha value is -2.22. The summed E-state index contributed by atoms with van der Waals surface area (Å²) < 4.78 is 7.65. The van der Waals surface area contributed by atoms with E-state index in [-0.39, 0.29) is 11.7 Å². The molecule has 2 unspecified atom stereocenters. The van der Waals surface area contributed by atoms with Gasteiger partial charge in [-0.05, 0) is 17.7 Å². The van der Waals surface area contributed by atoms with Crippen LogP contribution in [0, 0.1) is 10.1 Å². The number of rotatable bonds is 5. The first-order chi connectivity index (χ1) is 11.6. The molecule has 0 radical (unpaired) electrons. The third-order valence-electron chi connectivity index (χ3n) is 4.44. The van der Waals surface area contributed by atoms with E-state index in [2.05, 4.69) is 4.90 Å². The maximum absolute atomic E-state index is 10.9. The molecule has 2 heterocycles. The van der Waals surface area contributed by atoms with Crippen LogP contribution in [0.2, 0.25) is 0 Å². The zero-order valence-electron chi connectivity index (χ0n) is 13.5. The Morgan fingerprint density at radius 2 is 2.25 bits per heavy atom. The van der Waals surface area contributed by atoms with Crippen molar-refractivity contribution in [3.05, 3.63) is 64.0 Å². The minimum atomic E-state index is -0.786. The number of non-ortho nitro benzene ring substituents is 1. The largest absolute Gasteiger partial charge is 0.387 e. The van der Waals surface area contributed by atoms with Gasteiger partial charge in [0, 0.05) is 44.2 Å². The van der Waals surface area contributed by atoms with Crippen molar-refractivity contribution < 1.29 is 14.8 Å². The van der Waals surface area contributed by atoms with Crippen molar-refractivity contribution in [2.75, 3.05) is 26.3 Å². The lowest BCUT2D eigenvalue weighted by molar-refractivity contribution is -0.385. The summed E-state index contributed by atoms with van der Waals surface area (Å²) in [5.74, 6) is 0. The molecule has 1 aromatic heterocycles. The second-order valence-corrected chi connectivity index (χ2v) is 6.00. The van der Waals surface area contributed by atoms with Gasteiger partial charge in [-0.25, -0.2) is 0 Å². The molecule has 2 aromatic rings. The van der Waals surface area contributed by atoms with Crippen LogP contribution >= 0.6 is 0 Å². The number of benzene rings is 1. The molecule has 7 heteroatoms. The minimum Gasteiger partial charge on any atom is -0.387 e. The third kappa shape index (κ3) is 3.48. The van der Waals surface area contributed by atoms with E-state index in [0.717, 1.165) is 5.69 Å². The number of nitrogens with zero attached hydrogens (tertiary/aromatic N) is 3. The molecule has 1 aliphatic heterocycles. The topological polar surface area (TPSA) is 80.8 Å². The summed E-state index contributed by atoms with van der Waals surface area (Å²) in [7, 11) is 1.99. The molecule has 0 saturated carbocycles. The van der Waals surface area contributed by atoms with Crippen molar-refractivity contribution in [3.63, 3.8) is 0 Å². The molecule has 2 atom stereocenters. The Labute approximate surface area is 140 Å². The lowest BCUT2D eigenvalue weighted by atomic mass is 10.1. The molecule has 1 fully saturated rings. The number of nitro benzene ring substituents is 1. The maximum atomic E-state index is 10.9. The van der Waals surface area contributed by atoms with E-state index < -0.39 is 11.0 Å². The van der Waals surface area contributed by atoms with Crippen LogP contribution in [-0.2, 0) is 11.8 Å². The highest BCUT2D eigenvalue weighted by atomic mass is 16.6. The molecule has 1 saturated heterocycles. The van der Waals surface area contributed by atoms with Crippen LogP contribution < -0.4 is 0 Å². The zero-order chi connectivity index (χ0) is 17.1. The van der Waals surface area contributed by atoms with Gasteiger partial charge in [-0.3, -0.25) is 15.0 Å². The van der Waals surface area contributed by atoms with Crippen LogP contribution in [0.15, 0.2) is 42.6 Å². The molecule has 0 bridgehead atoms. The van der Waals surface area contributed by atoms with Crippen LogP contribution in [0.5, 0.6) is 0 Å². The van der Waals surface area contributed by atoms with Crippen LogP contribution in [0.4, 0.5) is 5.69 Å². The summed E-state index contributed by atoms with van der Waals surface area (Å²) in [6.07, 6.45) is 1.20. The van der Waals surface area contributed by atoms with Crippen molar-refractivity contribution >= 4 is 5.69 Å². The highest BCUT2D eigenvalue weighted by Crippen LogP contribution is 2.27. The van der Waals surface area contributed by atoms with Gasteiger partial charge in [0.15, 0.2) is 0 Å². The Balaban J connectivity index is 1.76. The summed E-state index contributed by atoms with van der Waals surface area (Å²) in [6, 6.07) is 10.3. The fourth-order valence-corrected chi connectivity index (χ4v) is 3.12. The Morgan fingerprint density at radius 1 is 1.42 bits per heavy atom. The van der Waals surface area contributed by atoms with Gasteiger partial charge in [0.1, 0.15) is 0 Å². The fraction of sp³-hybridized carbons (Fsp3) is 0.412. The van der Waals surface area contributed by atoms with Crippen molar-refractivity contribution in [2.45, 2.75) is 12.1 Å². The Kier molecular flexibility index (Phi) is 4.94. The summed E-state index contributed by atoms with van der Waals surface area (Å²) >= 11 is 0. The van der Waals surface area contributed by atoms with E-state index in [4.69, 9.17) is 4.74 Å². The number of aryl methyl sites for hydroxylation is 1. The van der Waals surface area contributed by atoms with Gasteiger partial charge in [-0.15, -0.1) is 0 Å². The first-order valence-electron chi connectivity index (χ1n) is 7.91. The molecule has 1 aliphatic rings. The number of hydrogen-bond donors (Lipinski definition) is 1. The van der Waals surface area contributed by atoms with Crippen molar-refractivity contribution in [1.29, 1.82) is 0 Å². The maximum Gasteiger partial charge on any atom is 0.269 e. The number of nitro groups is 1. The Bertz CT molecular complexity index is 715. The van der Waals surface area contributed by atoms with Crippen molar-refractivity contribution in [1.82, 2.24) is 9.47 Å². The van der Waals surface area contributed by atoms with E-state index in [1.165, 1.54) is 12.1 Å². The third-order valence-corrected chi connectivity index (χ3v) is 4.44. The number of aliphatic hydroxyl groups excluding tert-OH is 1. The molecule has 1 aromatic carbocycles. The molecule has 24 heavy (non-hydrogen) atoms. The van der Waals surface area contributed by atoms with Gasteiger partial charge < -0.3 is 14.4 Å². The quantitative estimate of drug-likeness (QED) is 0.670. The summed E-state index contributed by atoms with van der Waals surface area (Å²) in [4.78, 5) is 12.6. The molecular weight excluding hydrogens is 310 g/mol. The zero-order valence-corrected chi connectivity index (χ0v) is 13.5. The predicted molar refractivity (Wildman–Crippen MR) is 88.6 cm³/mol. The number of ether oxygens (including phenoxy) is 1. The highest BCUT2D eigenvalue weighted by molar-refractivity contribution is 5.35. The Morgan fingerprint density at radius 3 is 2.96 bits per heavy atom. The normalized spacial score (nSPS) is 20.0. The number of aromatic nitrogens is 1. The van der Waals surface area contributed by atoms with Gasteiger partial charge in [0.25, 0.3) is 5.69 Å². The first-order valence-corrected chi connectivity index (χ1v) is 7.91. The smallest absolute Gasteiger partial charge is 0.269 e. The summed E-state index contributed by atoms with van der Waals surface area (Å²) in [6.45, 7) is 2.30. The average Bonchev–Trinajstić information content (AvgIpc) is 3.01. The van der Waals surface area contributed by atoms with Gasteiger partial charge in [0.05, 0.1) is 30.3 Å². The first kappa shape index (κ1) is 16.6. The van der Waals surface area contributed by atoms with Gasteiger partial charge >= 0.3 is 0 Å². The highest BCUT2D eigenvalue weighted by Gasteiger charge is 2.28. The van der Waals surface area contributed by atoms with E-state index in [1.807, 2.05) is 29.9 Å². The van der Waals surface area contributed by atoms with Crippen LogP contribution in [0.3, 0.4) is 0 Å². The second kappa shape index (κ2) is 7.12. The summed E-state index contributed by atoms with van der Waals surface area (Å²) in [5.41, 5.74) is 1.68. The van der Waals surface area contributed by atoms with Crippen molar-refractivity contribution in [2.24, 2.45) is 7.05 Å². The van der Waals surface area contributed by atoms with E-state index >= 15 is 0 Å². The van der Waals surface area contributed by atoms with Crippen molar-refractivity contribution in [3.8, 4) is 0 Å². The van der Waals surface area contributed by atoms with E-state index in [1.54, 1.807) is 12.1 Å². The molecule has 3 rings (SSSR count). The molecule has 1 N–H and O–H groups in total. The number of morpholine rings is 1. The van der Waals surface area contributed by atoms with Crippen LogP contribution in [0.1, 0.15) is 23.4 Å². The van der Waals surface area contributed by atoms with E-state index in [0.29, 0.717) is 31.9 Å². The SMILES string of the molecule is Cn1cccc1C1COCCN1CC(O)c1cccc([N+](=O)[O-])c1. The van der Waals surface area contributed by atoms with E-state index in [9.17, 15) is 15.2 Å². The standard InChI is InChI=1S/C17H21N3O4/c1-18-7-3-6-15(18)16-12-24-9-8-19(16)11-17(21)13-4-2-5-14(10-13)20(22)23/h2-7,10,16-17,21H,8-9,11-12H2,1H3. The van der Waals surface area contributed by atoms with Gasteiger partial charge in [-0.1, -0.05) is 12.1 Å². The predicted octanol–water partition coefficient (Wildman–Crippen LogP) is 2.04. The monoisotopic (exact) mass is 331 g/mol. The lowest BCUT2D eigenvalue weighted by Gasteiger charge is -2.37. The van der Waals surface area contributed by atoms with Gasteiger partial charge in [-0.2, -0.15) is 0 Å². The molecule has 0 aliphatic carbocycles. The fourth-order valence-electron chi connectivity index (χ4n) is 3.12. The molecule has 128 valence electrons.